The minimum atomic E-state index is 0. The molecule has 0 aliphatic rings. The Balaban J connectivity index is 0.00000264. The van der Waals surface area contributed by atoms with Gasteiger partial charge in [0.1, 0.15) is 24.7 Å². The molecule has 126 valence electrons. The Labute approximate surface area is 154 Å². The van der Waals surface area contributed by atoms with E-state index in [2.05, 4.69) is 15.6 Å². The number of nitrogens with one attached hydrogen (secondary N) is 2. The van der Waals surface area contributed by atoms with Crippen molar-refractivity contribution >= 4 is 29.9 Å². The van der Waals surface area contributed by atoms with E-state index in [0.717, 1.165) is 29.6 Å². The van der Waals surface area contributed by atoms with Crippen molar-refractivity contribution < 1.29 is 9.15 Å². The van der Waals surface area contributed by atoms with Gasteiger partial charge in [-0.3, -0.25) is 0 Å². The van der Waals surface area contributed by atoms with Gasteiger partial charge in [-0.1, -0.05) is 18.2 Å². The highest BCUT2D eigenvalue weighted by Crippen LogP contribution is 2.15. The first-order valence-corrected chi connectivity index (χ1v) is 7.52. The van der Waals surface area contributed by atoms with Crippen molar-refractivity contribution in [3.8, 4) is 5.75 Å². The molecule has 0 atom stereocenters. The van der Waals surface area contributed by atoms with Crippen molar-refractivity contribution in [2.24, 2.45) is 4.99 Å². The maximum atomic E-state index is 5.75. The van der Waals surface area contributed by atoms with Crippen LogP contribution in [0, 0.1) is 6.92 Å². The standard InChI is InChI=1S/C17H23N3O2.HI/c1-3-18-17(20-13-15-8-6-11-21-15)19-10-12-22-16-9-5-4-7-14(16)2;/h4-9,11H,3,10,12-13H2,1-2H3,(H2,18,19,20);1H. The quantitative estimate of drug-likeness (QED) is 0.307. The number of aryl methyl sites for hydroxylation is 1. The van der Waals surface area contributed by atoms with Gasteiger partial charge in [0, 0.05) is 6.54 Å². The monoisotopic (exact) mass is 429 g/mol. The van der Waals surface area contributed by atoms with E-state index >= 15 is 0 Å². The van der Waals surface area contributed by atoms with E-state index in [0.29, 0.717) is 19.7 Å². The van der Waals surface area contributed by atoms with Crippen LogP contribution in [0.5, 0.6) is 5.75 Å². The fraction of sp³-hybridized carbons (Fsp3) is 0.353. The van der Waals surface area contributed by atoms with Crippen LogP contribution in [0.2, 0.25) is 0 Å². The molecule has 5 nitrogen and oxygen atoms in total. The zero-order valence-electron chi connectivity index (χ0n) is 13.5. The van der Waals surface area contributed by atoms with Crippen LogP contribution in [0.4, 0.5) is 0 Å². The molecule has 0 saturated heterocycles. The fourth-order valence-corrected chi connectivity index (χ4v) is 1.95. The van der Waals surface area contributed by atoms with Gasteiger partial charge in [0.2, 0.25) is 0 Å². The molecule has 23 heavy (non-hydrogen) atoms. The highest BCUT2D eigenvalue weighted by Gasteiger charge is 2.00. The van der Waals surface area contributed by atoms with Crippen molar-refractivity contribution in [2.75, 3.05) is 19.7 Å². The lowest BCUT2D eigenvalue weighted by molar-refractivity contribution is 0.320. The summed E-state index contributed by atoms with van der Waals surface area (Å²) in [4.78, 5) is 4.46. The minimum Gasteiger partial charge on any atom is -0.491 e. The van der Waals surface area contributed by atoms with Crippen molar-refractivity contribution in [1.82, 2.24) is 10.6 Å². The molecule has 1 aromatic carbocycles. The van der Waals surface area contributed by atoms with Crippen LogP contribution in [0.25, 0.3) is 0 Å². The molecule has 1 heterocycles. The lowest BCUT2D eigenvalue weighted by atomic mass is 10.2. The SMILES string of the molecule is CCNC(=NCc1ccco1)NCCOc1ccccc1C.I. The van der Waals surface area contributed by atoms with Crippen molar-refractivity contribution in [1.29, 1.82) is 0 Å². The van der Waals surface area contributed by atoms with Crippen molar-refractivity contribution in [3.05, 3.63) is 54.0 Å². The van der Waals surface area contributed by atoms with Crippen LogP contribution in [-0.4, -0.2) is 25.7 Å². The van der Waals surface area contributed by atoms with Gasteiger partial charge in [-0.25, -0.2) is 4.99 Å². The Morgan fingerprint density at radius 1 is 1.17 bits per heavy atom. The Morgan fingerprint density at radius 2 is 2.00 bits per heavy atom. The number of benzene rings is 1. The van der Waals surface area contributed by atoms with E-state index in [4.69, 9.17) is 9.15 Å². The maximum Gasteiger partial charge on any atom is 0.191 e. The number of halogens is 1. The van der Waals surface area contributed by atoms with Gasteiger partial charge in [-0.2, -0.15) is 0 Å². The molecular weight excluding hydrogens is 405 g/mol. The molecule has 0 spiro atoms. The molecule has 2 N–H and O–H groups in total. The summed E-state index contributed by atoms with van der Waals surface area (Å²) in [5.41, 5.74) is 1.14. The Morgan fingerprint density at radius 3 is 2.70 bits per heavy atom. The third-order valence-electron chi connectivity index (χ3n) is 3.06. The van der Waals surface area contributed by atoms with Gasteiger partial charge in [-0.05, 0) is 37.6 Å². The molecule has 2 rings (SSSR count). The van der Waals surface area contributed by atoms with Crippen LogP contribution in [0.15, 0.2) is 52.1 Å². The fourth-order valence-electron chi connectivity index (χ4n) is 1.95. The van der Waals surface area contributed by atoms with Gasteiger partial charge in [0.05, 0.1) is 12.8 Å². The normalized spacial score (nSPS) is 10.8. The summed E-state index contributed by atoms with van der Waals surface area (Å²) in [5.74, 6) is 2.52. The second kappa shape index (κ2) is 10.9. The van der Waals surface area contributed by atoms with Crippen LogP contribution >= 0.6 is 24.0 Å². The summed E-state index contributed by atoms with van der Waals surface area (Å²) in [5, 5.41) is 6.44. The first kappa shape index (κ1) is 19.3. The number of rotatable bonds is 7. The van der Waals surface area contributed by atoms with Gasteiger partial charge >= 0.3 is 0 Å². The van der Waals surface area contributed by atoms with E-state index in [9.17, 15) is 0 Å². The molecule has 6 heteroatoms. The van der Waals surface area contributed by atoms with Gasteiger partial charge in [0.25, 0.3) is 0 Å². The molecule has 1 aromatic heterocycles. The summed E-state index contributed by atoms with van der Waals surface area (Å²) in [7, 11) is 0. The zero-order valence-corrected chi connectivity index (χ0v) is 15.9. The molecule has 0 aliphatic carbocycles. The second-order valence-electron chi connectivity index (χ2n) is 4.82. The van der Waals surface area contributed by atoms with E-state index in [1.165, 1.54) is 0 Å². The molecule has 0 aliphatic heterocycles. The van der Waals surface area contributed by atoms with Crippen LogP contribution in [0.1, 0.15) is 18.2 Å². The van der Waals surface area contributed by atoms with E-state index in [-0.39, 0.29) is 24.0 Å². The third kappa shape index (κ3) is 6.94. The average Bonchev–Trinajstić information content (AvgIpc) is 3.04. The maximum absolute atomic E-state index is 5.75. The topological polar surface area (TPSA) is 58.8 Å². The lowest BCUT2D eigenvalue weighted by Crippen LogP contribution is -2.39. The summed E-state index contributed by atoms with van der Waals surface area (Å²) < 4.78 is 11.0. The van der Waals surface area contributed by atoms with Crippen LogP contribution < -0.4 is 15.4 Å². The first-order valence-electron chi connectivity index (χ1n) is 7.52. The number of furan rings is 1. The summed E-state index contributed by atoms with van der Waals surface area (Å²) in [6, 6.07) is 11.8. The van der Waals surface area contributed by atoms with E-state index in [1.807, 2.05) is 50.2 Å². The van der Waals surface area contributed by atoms with Crippen LogP contribution in [0.3, 0.4) is 0 Å². The number of ether oxygens (including phenoxy) is 1. The lowest BCUT2D eigenvalue weighted by Gasteiger charge is -2.12. The highest BCUT2D eigenvalue weighted by atomic mass is 127. The molecule has 0 saturated carbocycles. The number of hydrogen-bond donors (Lipinski definition) is 2. The van der Waals surface area contributed by atoms with E-state index < -0.39 is 0 Å². The molecule has 2 aromatic rings. The zero-order chi connectivity index (χ0) is 15.6. The Hall–Kier alpha value is -1.70. The predicted molar refractivity (Wildman–Crippen MR) is 104 cm³/mol. The summed E-state index contributed by atoms with van der Waals surface area (Å²) in [6.45, 7) is 6.66. The Kier molecular flexibility index (Phi) is 9.20. The van der Waals surface area contributed by atoms with Gasteiger partial charge in [0.15, 0.2) is 5.96 Å². The number of para-hydroxylation sites is 1. The van der Waals surface area contributed by atoms with Crippen molar-refractivity contribution in [2.45, 2.75) is 20.4 Å². The predicted octanol–water partition coefficient (Wildman–Crippen LogP) is 3.34. The number of aliphatic imine (C=N–C) groups is 1. The number of guanidine groups is 1. The summed E-state index contributed by atoms with van der Waals surface area (Å²) >= 11 is 0. The van der Waals surface area contributed by atoms with Gasteiger partial charge in [-0.15, -0.1) is 24.0 Å². The second-order valence-corrected chi connectivity index (χ2v) is 4.82. The number of hydrogen-bond acceptors (Lipinski definition) is 3. The molecule has 0 unspecified atom stereocenters. The Bertz CT molecular complexity index is 585. The number of nitrogens with zero attached hydrogens (tertiary/aromatic N) is 1. The molecule has 0 bridgehead atoms. The third-order valence-corrected chi connectivity index (χ3v) is 3.06. The van der Waals surface area contributed by atoms with E-state index in [1.54, 1.807) is 6.26 Å². The highest BCUT2D eigenvalue weighted by molar-refractivity contribution is 14.0. The smallest absolute Gasteiger partial charge is 0.191 e. The molecule has 0 radical (unpaired) electrons. The molecular formula is C17H24IN3O2. The minimum absolute atomic E-state index is 0. The molecule has 0 fully saturated rings. The van der Waals surface area contributed by atoms with Gasteiger partial charge < -0.3 is 19.8 Å². The largest absolute Gasteiger partial charge is 0.491 e. The molecule has 0 amide bonds. The first-order chi connectivity index (χ1) is 10.8. The van der Waals surface area contributed by atoms with Crippen molar-refractivity contribution in [3.63, 3.8) is 0 Å². The summed E-state index contributed by atoms with van der Waals surface area (Å²) in [6.07, 6.45) is 1.65. The average molecular weight is 429 g/mol. The van der Waals surface area contributed by atoms with Crippen LogP contribution in [-0.2, 0) is 6.54 Å².